The van der Waals surface area contributed by atoms with Crippen LogP contribution in [-0.4, -0.2) is 13.7 Å². The Kier molecular flexibility index (Phi) is 6.91. The largest absolute Gasteiger partial charge is 0.385 e. The molecule has 1 aromatic rings. The molecule has 0 aliphatic carbocycles. The molecule has 1 atom stereocenters. The molecular weight excluding hydrogens is 196 g/mol. The number of unbranched alkanes of at least 4 members (excludes halogenated alkanes) is 1. The number of benzene rings is 1. The Bertz CT molecular complexity index is 255. The van der Waals surface area contributed by atoms with Crippen molar-refractivity contribution in [3.63, 3.8) is 0 Å². The maximum absolute atomic E-state index is 5.03. The first-order valence-electron chi connectivity index (χ1n) is 6.19. The van der Waals surface area contributed by atoms with E-state index >= 15 is 0 Å². The third kappa shape index (κ3) is 5.92. The lowest BCUT2D eigenvalue weighted by molar-refractivity contribution is 0.191. The van der Waals surface area contributed by atoms with E-state index in [9.17, 15) is 0 Å². The molecule has 0 aliphatic rings. The lowest BCUT2D eigenvalue weighted by atomic mass is 9.96. The zero-order valence-corrected chi connectivity index (χ0v) is 10.3. The van der Waals surface area contributed by atoms with Crippen molar-refractivity contribution < 1.29 is 4.74 Å². The molecule has 0 heterocycles. The van der Waals surface area contributed by atoms with Crippen molar-refractivity contribution in [3.05, 3.63) is 42.8 Å². The maximum atomic E-state index is 5.03. The van der Waals surface area contributed by atoms with E-state index in [2.05, 4.69) is 37.3 Å². The molecule has 0 N–H and O–H groups in total. The first-order chi connectivity index (χ1) is 7.83. The van der Waals surface area contributed by atoms with Gasteiger partial charge in [-0.15, -0.1) is 0 Å². The molecule has 0 amide bonds. The van der Waals surface area contributed by atoms with E-state index in [1.54, 1.807) is 7.11 Å². The summed E-state index contributed by atoms with van der Waals surface area (Å²) in [6.07, 6.45) is 5.96. The van der Waals surface area contributed by atoms with Gasteiger partial charge in [0.1, 0.15) is 0 Å². The number of aryl methyl sites for hydroxylation is 1. The second-order valence-corrected chi connectivity index (χ2v) is 4.38. The van der Waals surface area contributed by atoms with Crippen molar-refractivity contribution >= 4 is 0 Å². The number of rotatable bonds is 8. The summed E-state index contributed by atoms with van der Waals surface area (Å²) in [6, 6.07) is 10.7. The third-order valence-electron chi connectivity index (χ3n) is 2.89. The predicted molar refractivity (Wildman–Crippen MR) is 69.3 cm³/mol. The lowest BCUT2D eigenvalue weighted by Gasteiger charge is -2.10. The van der Waals surface area contributed by atoms with Crippen LogP contribution in [0, 0.1) is 12.8 Å². The second-order valence-electron chi connectivity index (χ2n) is 4.38. The van der Waals surface area contributed by atoms with Gasteiger partial charge in [0.15, 0.2) is 0 Å². The van der Waals surface area contributed by atoms with E-state index in [4.69, 9.17) is 4.74 Å². The van der Waals surface area contributed by atoms with Gasteiger partial charge in [0.25, 0.3) is 0 Å². The zero-order chi connectivity index (χ0) is 11.6. The summed E-state index contributed by atoms with van der Waals surface area (Å²) in [7, 11) is 1.76. The Hall–Kier alpha value is -0.820. The van der Waals surface area contributed by atoms with E-state index < -0.39 is 0 Å². The van der Waals surface area contributed by atoms with Gasteiger partial charge in [0.2, 0.25) is 0 Å². The summed E-state index contributed by atoms with van der Waals surface area (Å²) >= 11 is 0. The quantitative estimate of drug-likeness (QED) is 0.603. The zero-order valence-electron chi connectivity index (χ0n) is 10.3. The highest BCUT2D eigenvalue weighted by Gasteiger charge is 2.02. The van der Waals surface area contributed by atoms with Crippen molar-refractivity contribution in [1.29, 1.82) is 0 Å². The van der Waals surface area contributed by atoms with Gasteiger partial charge in [-0.1, -0.05) is 50.1 Å². The Morgan fingerprint density at radius 2 is 1.88 bits per heavy atom. The molecule has 1 radical (unpaired) electrons. The number of methoxy groups -OCH3 is 1. The molecule has 0 spiro atoms. The third-order valence-corrected chi connectivity index (χ3v) is 2.89. The van der Waals surface area contributed by atoms with Crippen LogP contribution in [0.1, 0.15) is 31.2 Å². The molecule has 1 rings (SSSR count). The van der Waals surface area contributed by atoms with Crippen LogP contribution in [0.2, 0.25) is 0 Å². The minimum Gasteiger partial charge on any atom is -0.385 e. The standard InChI is InChI=1S/C15H23O/c1-14(8-6-7-13-16-2)11-12-15-9-4-3-5-10-15/h3-5,9-10,14H,1,6-8,11-13H2,2H3. The van der Waals surface area contributed by atoms with Gasteiger partial charge in [-0.2, -0.15) is 0 Å². The number of hydrogen-bond donors (Lipinski definition) is 0. The van der Waals surface area contributed by atoms with E-state index in [0.717, 1.165) is 19.4 Å². The van der Waals surface area contributed by atoms with Gasteiger partial charge in [-0.05, 0) is 30.7 Å². The second kappa shape index (κ2) is 8.35. The Labute approximate surface area is 99.8 Å². The summed E-state index contributed by atoms with van der Waals surface area (Å²) in [5.41, 5.74) is 1.42. The van der Waals surface area contributed by atoms with E-state index in [1.807, 2.05) is 0 Å². The van der Waals surface area contributed by atoms with E-state index in [0.29, 0.717) is 5.92 Å². The summed E-state index contributed by atoms with van der Waals surface area (Å²) in [5, 5.41) is 0. The van der Waals surface area contributed by atoms with Crippen molar-refractivity contribution in [1.82, 2.24) is 0 Å². The molecule has 16 heavy (non-hydrogen) atoms. The smallest absolute Gasteiger partial charge is 0.0462 e. The molecule has 0 aliphatic heterocycles. The summed E-state index contributed by atoms with van der Waals surface area (Å²) in [4.78, 5) is 0. The van der Waals surface area contributed by atoms with Gasteiger partial charge in [-0.3, -0.25) is 0 Å². The highest BCUT2D eigenvalue weighted by molar-refractivity contribution is 5.14. The van der Waals surface area contributed by atoms with Gasteiger partial charge in [0, 0.05) is 13.7 Å². The maximum Gasteiger partial charge on any atom is 0.0462 e. The normalized spacial score (nSPS) is 12.6. The topological polar surface area (TPSA) is 9.23 Å². The minimum atomic E-state index is 0.581. The van der Waals surface area contributed by atoms with Crippen molar-refractivity contribution in [3.8, 4) is 0 Å². The molecule has 1 unspecified atom stereocenters. The summed E-state index contributed by atoms with van der Waals surface area (Å²) < 4.78 is 5.03. The highest BCUT2D eigenvalue weighted by Crippen LogP contribution is 2.15. The van der Waals surface area contributed by atoms with Gasteiger partial charge >= 0.3 is 0 Å². The SMILES string of the molecule is [CH2]C(CCCCOC)CCc1ccccc1. The van der Waals surface area contributed by atoms with Gasteiger partial charge in [0.05, 0.1) is 0 Å². The van der Waals surface area contributed by atoms with E-state index in [-0.39, 0.29) is 0 Å². The van der Waals surface area contributed by atoms with Crippen LogP contribution in [0.5, 0.6) is 0 Å². The fourth-order valence-corrected chi connectivity index (χ4v) is 1.84. The van der Waals surface area contributed by atoms with Crippen LogP contribution in [0.25, 0.3) is 0 Å². The average Bonchev–Trinajstić information content (AvgIpc) is 2.33. The first-order valence-corrected chi connectivity index (χ1v) is 6.19. The van der Waals surface area contributed by atoms with Crippen LogP contribution in [0.15, 0.2) is 30.3 Å². The Morgan fingerprint density at radius 1 is 1.12 bits per heavy atom. The molecular formula is C15H23O. The average molecular weight is 219 g/mol. The Balaban J connectivity index is 2.08. The van der Waals surface area contributed by atoms with Crippen LogP contribution >= 0.6 is 0 Å². The van der Waals surface area contributed by atoms with E-state index in [1.165, 1.54) is 24.8 Å². The molecule has 89 valence electrons. The minimum absolute atomic E-state index is 0.581. The summed E-state index contributed by atoms with van der Waals surface area (Å²) in [6.45, 7) is 5.09. The molecule has 1 aromatic carbocycles. The molecule has 0 saturated carbocycles. The van der Waals surface area contributed by atoms with Crippen LogP contribution in [-0.2, 0) is 11.2 Å². The molecule has 0 fully saturated rings. The van der Waals surface area contributed by atoms with Crippen LogP contribution in [0.4, 0.5) is 0 Å². The number of hydrogen-bond acceptors (Lipinski definition) is 1. The monoisotopic (exact) mass is 219 g/mol. The molecule has 1 nitrogen and oxygen atoms in total. The fourth-order valence-electron chi connectivity index (χ4n) is 1.84. The van der Waals surface area contributed by atoms with Crippen LogP contribution < -0.4 is 0 Å². The lowest BCUT2D eigenvalue weighted by Crippen LogP contribution is -1.99. The Morgan fingerprint density at radius 3 is 2.56 bits per heavy atom. The van der Waals surface area contributed by atoms with Crippen molar-refractivity contribution in [2.24, 2.45) is 5.92 Å². The highest BCUT2D eigenvalue weighted by atomic mass is 16.5. The molecule has 0 saturated heterocycles. The fraction of sp³-hybridized carbons (Fsp3) is 0.533. The first kappa shape index (κ1) is 13.2. The summed E-state index contributed by atoms with van der Waals surface area (Å²) in [5.74, 6) is 0.581. The van der Waals surface area contributed by atoms with Crippen molar-refractivity contribution in [2.75, 3.05) is 13.7 Å². The number of ether oxygens (including phenoxy) is 1. The molecule has 1 heteroatoms. The van der Waals surface area contributed by atoms with Gasteiger partial charge in [-0.25, -0.2) is 0 Å². The van der Waals surface area contributed by atoms with Gasteiger partial charge < -0.3 is 4.74 Å². The van der Waals surface area contributed by atoms with Crippen LogP contribution in [0.3, 0.4) is 0 Å². The molecule has 0 bridgehead atoms. The van der Waals surface area contributed by atoms with Crippen molar-refractivity contribution in [2.45, 2.75) is 32.1 Å². The predicted octanol–water partition coefficient (Wildman–Crippen LogP) is 3.89. The molecule has 0 aromatic heterocycles.